The lowest BCUT2D eigenvalue weighted by Crippen LogP contribution is -2.36. The Balaban J connectivity index is 2.12. The van der Waals surface area contributed by atoms with Crippen LogP contribution in [0.25, 0.3) is 0 Å². The number of nitrogens with one attached hydrogen (secondary N) is 1. The van der Waals surface area contributed by atoms with Crippen molar-refractivity contribution >= 4 is 5.91 Å². The SMILES string of the molecule is CC=CC=CC(=O)NCCN(C)C1CCCC1. The Bertz CT molecular complexity index is 278. The van der Waals surface area contributed by atoms with E-state index < -0.39 is 0 Å². The summed E-state index contributed by atoms with van der Waals surface area (Å²) in [5.41, 5.74) is 0. The minimum absolute atomic E-state index is 0.0112. The molecule has 1 aliphatic rings. The number of likely N-dealkylation sites (N-methyl/N-ethyl adjacent to an activating group) is 1. The van der Waals surface area contributed by atoms with E-state index >= 15 is 0 Å². The predicted molar refractivity (Wildman–Crippen MR) is 71.8 cm³/mol. The fraction of sp³-hybridized carbons (Fsp3) is 0.643. The molecule has 3 nitrogen and oxygen atoms in total. The van der Waals surface area contributed by atoms with E-state index in [1.165, 1.54) is 25.7 Å². The smallest absolute Gasteiger partial charge is 0.244 e. The molecule has 17 heavy (non-hydrogen) atoms. The van der Waals surface area contributed by atoms with Gasteiger partial charge in [0.1, 0.15) is 0 Å². The van der Waals surface area contributed by atoms with Gasteiger partial charge in [-0.3, -0.25) is 4.79 Å². The van der Waals surface area contributed by atoms with Crippen LogP contribution in [0.15, 0.2) is 24.3 Å². The highest BCUT2D eigenvalue weighted by atomic mass is 16.1. The second-order valence-electron chi connectivity index (χ2n) is 4.59. The molecule has 1 rings (SSSR count). The number of hydrogen-bond donors (Lipinski definition) is 1. The number of amides is 1. The largest absolute Gasteiger partial charge is 0.351 e. The maximum Gasteiger partial charge on any atom is 0.244 e. The maximum absolute atomic E-state index is 11.4. The van der Waals surface area contributed by atoms with Crippen LogP contribution < -0.4 is 5.32 Å². The van der Waals surface area contributed by atoms with Gasteiger partial charge in [-0.05, 0) is 26.8 Å². The Hall–Kier alpha value is -1.09. The Morgan fingerprint density at radius 1 is 1.35 bits per heavy atom. The Morgan fingerprint density at radius 3 is 2.71 bits per heavy atom. The zero-order valence-electron chi connectivity index (χ0n) is 11.0. The molecule has 0 aromatic carbocycles. The van der Waals surface area contributed by atoms with Gasteiger partial charge in [-0.25, -0.2) is 0 Å². The van der Waals surface area contributed by atoms with Gasteiger partial charge in [0.05, 0.1) is 0 Å². The second kappa shape index (κ2) is 8.07. The van der Waals surface area contributed by atoms with Crippen LogP contribution in [-0.2, 0) is 4.79 Å². The first-order chi connectivity index (χ1) is 8.24. The fourth-order valence-electron chi connectivity index (χ4n) is 2.20. The van der Waals surface area contributed by atoms with Gasteiger partial charge in [0, 0.05) is 25.2 Å². The molecule has 0 bridgehead atoms. The maximum atomic E-state index is 11.4. The van der Waals surface area contributed by atoms with Crippen molar-refractivity contribution in [1.29, 1.82) is 0 Å². The van der Waals surface area contributed by atoms with Crippen LogP contribution >= 0.6 is 0 Å². The van der Waals surface area contributed by atoms with Crippen molar-refractivity contribution in [1.82, 2.24) is 10.2 Å². The number of carbonyl (C=O) groups excluding carboxylic acids is 1. The van der Waals surface area contributed by atoms with Crippen molar-refractivity contribution in [3.63, 3.8) is 0 Å². The van der Waals surface area contributed by atoms with Crippen LogP contribution in [0.4, 0.5) is 0 Å². The summed E-state index contributed by atoms with van der Waals surface area (Å²) in [5.74, 6) is -0.0112. The first kappa shape index (κ1) is 14.0. The standard InChI is InChI=1S/C14H24N2O/c1-3-4-5-10-14(17)15-11-12-16(2)13-8-6-7-9-13/h3-5,10,13H,6-9,11-12H2,1-2H3,(H,15,17). The van der Waals surface area contributed by atoms with Crippen LogP contribution in [-0.4, -0.2) is 37.0 Å². The van der Waals surface area contributed by atoms with Gasteiger partial charge < -0.3 is 10.2 Å². The van der Waals surface area contributed by atoms with Crippen molar-refractivity contribution in [3.05, 3.63) is 24.3 Å². The molecule has 0 atom stereocenters. The van der Waals surface area contributed by atoms with E-state index in [2.05, 4.69) is 17.3 Å². The van der Waals surface area contributed by atoms with E-state index in [0.717, 1.165) is 19.1 Å². The van der Waals surface area contributed by atoms with E-state index in [1.807, 2.05) is 19.1 Å². The third kappa shape index (κ3) is 5.68. The Labute approximate surface area is 105 Å². The summed E-state index contributed by atoms with van der Waals surface area (Å²) in [5, 5.41) is 2.89. The average Bonchev–Trinajstić information content (AvgIpc) is 2.82. The molecule has 0 aromatic rings. The highest BCUT2D eigenvalue weighted by Gasteiger charge is 2.18. The van der Waals surface area contributed by atoms with E-state index in [-0.39, 0.29) is 5.91 Å². The molecular weight excluding hydrogens is 212 g/mol. The van der Waals surface area contributed by atoms with E-state index in [0.29, 0.717) is 0 Å². The molecule has 3 heteroatoms. The quantitative estimate of drug-likeness (QED) is 0.566. The van der Waals surface area contributed by atoms with E-state index in [9.17, 15) is 4.79 Å². The summed E-state index contributed by atoms with van der Waals surface area (Å²) >= 11 is 0. The summed E-state index contributed by atoms with van der Waals surface area (Å²) in [6, 6.07) is 0.727. The van der Waals surface area contributed by atoms with E-state index in [4.69, 9.17) is 0 Å². The molecule has 0 saturated heterocycles. The van der Waals surface area contributed by atoms with Gasteiger partial charge in [0.15, 0.2) is 0 Å². The van der Waals surface area contributed by atoms with Gasteiger partial charge >= 0.3 is 0 Å². The van der Waals surface area contributed by atoms with Gasteiger partial charge in [0.2, 0.25) is 5.91 Å². The highest BCUT2D eigenvalue weighted by Crippen LogP contribution is 2.21. The molecule has 1 saturated carbocycles. The van der Waals surface area contributed by atoms with Gasteiger partial charge in [-0.2, -0.15) is 0 Å². The number of rotatable bonds is 6. The molecule has 1 fully saturated rings. The summed E-state index contributed by atoms with van der Waals surface area (Å²) < 4.78 is 0. The minimum Gasteiger partial charge on any atom is -0.351 e. The van der Waals surface area contributed by atoms with Crippen molar-refractivity contribution in [2.24, 2.45) is 0 Å². The normalized spacial score (nSPS) is 17.6. The molecule has 0 heterocycles. The van der Waals surface area contributed by atoms with Gasteiger partial charge in [-0.1, -0.05) is 31.1 Å². The molecule has 0 aromatic heterocycles. The lowest BCUT2D eigenvalue weighted by Gasteiger charge is -2.23. The number of hydrogen-bond acceptors (Lipinski definition) is 2. The summed E-state index contributed by atoms with van der Waals surface area (Å²) in [7, 11) is 2.15. The van der Waals surface area contributed by atoms with Crippen LogP contribution in [0.2, 0.25) is 0 Å². The molecular formula is C14H24N2O. The monoisotopic (exact) mass is 236 g/mol. The number of allylic oxidation sites excluding steroid dienone is 3. The lowest BCUT2D eigenvalue weighted by molar-refractivity contribution is -0.116. The van der Waals surface area contributed by atoms with Gasteiger partial charge in [-0.15, -0.1) is 0 Å². The van der Waals surface area contributed by atoms with E-state index in [1.54, 1.807) is 12.2 Å². The first-order valence-corrected chi connectivity index (χ1v) is 6.51. The third-order valence-corrected chi connectivity index (χ3v) is 3.26. The van der Waals surface area contributed by atoms with Gasteiger partial charge in [0.25, 0.3) is 0 Å². The lowest BCUT2D eigenvalue weighted by atomic mass is 10.2. The molecule has 1 N–H and O–H groups in total. The first-order valence-electron chi connectivity index (χ1n) is 6.51. The zero-order chi connectivity index (χ0) is 12.5. The highest BCUT2D eigenvalue weighted by molar-refractivity contribution is 5.87. The molecule has 0 aliphatic heterocycles. The average molecular weight is 236 g/mol. The number of carbonyl (C=O) groups is 1. The Kier molecular flexibility index (Phi) is 6.63. The molecule has 1 amide bonds. The molecule has 1 aliphatic carbocycles. The van der Waals surface area contributed by atoms with Crippen LogP contribution in [0.1, 0.15) is 32.6 Å². The zero-order valence-corrected chi connectivity index (χ0v) is 11.0. The minimum atomic E-state index is -0.0112. The summed E-state index contributed by atoms with van der Waals surface area (Å²) in [6.45, 7) is 3.60. The summed E-state index contributed by atoms with van der Waals surface area (Å²) in [6.07, 6.45) is 12.4. The predicted octanol–water partition coefficient (Wildman–Crippen LogP) is 2.11. The van der Waals surface area contributed by atoms with Crippen molar-refractivity contribution in [2.45, 2.75) is 38.6 Å². The van der Waals surface area contributed by atoms with Crippen LogP contribution in [0, 0.1) is 0 Å². The molecule has 0 spiro atoms. The van der Waals surface area contributed by atoms with Crippen molar-refractivity contribution < 1.29 is 4.79 Å². The van der Waals surface area contributed by atoms with Crippen molar-refractivity contribution in [3.8, 4) is 0 Å². The van der Waals surface area contributed by atoms with Crippen molar-refractivity contribution in [2.75, 3.05) is 20.1 Å². The van der Waals surface area contributed by atoms with Crippen LogP contribution in [0.3, 0.4) is 0 Å². The second-order valence-corrected chi connectivity index (χ2v) is 4.59. The molecule has 0 radical (unpaired) electrons. The third-order valence-electron chi connectivity index (χ3n) is 3.26. The molecule has 0 unspecified atom stereocenters. The number of nitrogens with zero attached hydrogens (tertiary/aromatic N) is 1. The van der Waals surface area contributed by atoms with Crippen LogP contribution in [0.5, 0.6) is 0 Å². The molecule has 96 valence electrons. The summed E-state index contributed by atoms with van der Waals surface area (Å²) in [4.78, 5) is 13.7. The topological polar surface area (TPSA) is 32.3 Å². The fourth-order valence-corrected chi connectivity index (χ4v) is 2.20. The Morgan fingerprint density at radius 2 is 2.06 bits per heavy atom.